The number of fused-ring (bicyclic) bond motifs is 1. The van der Waals surface area contributed by atoms with Gasteiger partial charge in [0, 0.05) is 5.39 Å². The number of hydrogen-bond donors (Lipinski definition) is 3. The van der Waals surface area contributed by atoms with Crippen molar-refractivity contribution in [3.8, 4) is 5.75 Å². The number of nitrogen functional groups attached to an aromatic ring is 1. The molecule has 0 aliphatic carbocycles. The minimum absolute atomic E-state index is 0.231. The van der Waals surface area contributed by atoms with Gasteiger partial charge in [-0.1, -0.05) is 0 Å². The molecule has 1 aliphatic rings. The largest absolute Gasteiger partial charge is 0.490 e. The SMILES string of the molecule is Nc1nc(=O)[nH]c2ccc(OC3CCNCC3)cc12. The fourth-order valence-electron chi connectivity index (χ4n) is 2.34. The van der Waals surface area contributed by atoms with Gasteiger partial charge in [-0.25, -0.2) is 4.79 Å². The van der Waals surface area contributed by atoms with Crippen molar-refractivity contribution >= 4 is 16.7 Å². The molecule has 0 bridgehead atoms. The number of nitrogens with zero attached hydrogens (tertiary/aromatic N) is 1. The summed E-state index contributed by atoms with van der Waals surface area (Å²) < 4.78 is 5.93. The molecule has 2 heterocycles. The lowest BCUT2D eigenvalue weighted by Gasteiger charge is -2.23. The first-order valence-electron chi connectivity index (χ1n) is 6.39. The average Bonchev–Trinajstić information content (AvgIpc) is 2.40. The van der Waals surface area contributed by atoms with Crippen LogP contribution in [-0.4, -0.2) is 29.2 Å². The predicted molar refractivity (Wildman–Crippen MR) is 73.3 cm³/mol. The summed E-state index contributed by atoms with van der Waals surface area (Å²) in [5.74, 6) is 0.995. The maximum Gasteiger partial charge on any atom is 0.347 e. The summed E-state index contributed by atoms with van der Waals surface area (Å²) in [5.41, 5.74) is 6.01. The number of nitrogens with two attached hydrogens (primary N) is 1. The normalized spacial score (nSPS) is 16.6. The van der Waals surface area contributed by atoms with E-state index < -0.39 is 5.69 Å². The summed E-state index contributed by atoms with van der Waals surface area (Å²) in [5, 5.41) is 4.01. The Hall–Kier alpha value is -2.08. The number of H-pyrrole nitrogens is 1. The third-order valence-electron chi connectivity index (χ3n) is 3.32. The molecule has 1 aliphatic heterocycles. The summed E-state index contributed by atoms with van der Waals surface area (Å²) in [4.78, 5) is 17.6. The highest BCUT2D eigenvalue weighted by atomic mass is 16.5. The van der Waals surface area contributed by atoms with E-state index in [-0.39, 0.29) is 11.9 Å². The van der Waals surface area contributed by atoms with E-state index in [9.17, 15) is 4.79 Å². The highest BCUT2D eigenvalue weighted by Gasteiger charge is 2.14. The molecule has 1 fully saturated rings. The highest BCUT2D eigenvalue weighted by molar-refractivity contribution is 5.88. The maximum atomic E-state index is 11.2. The van der Waals surface area contributed by atoms with Crippen molar-refractivity contribution < 1.29 is 4.74 Å². The molecule has 0 spiro atoms. The van der Waals surface area contributed by atoms with Crippen LogP contribution in [0, 0.1) is 0 Å². The van der Waals surface area contributed by atoms with Gasteiger partial charge in [0.05, 0.1) is 5.52 Å². The summed E-state index contributed by atoms with van der Waals surface area (Å²) in [6.45, 7) is 1.96. The molecule has 2 aromatic rings. The third-order valence-corrected chi connectivity index (χ3v) is 3.32. The second kappa shape index (κ2) is 4.89. The lowest BCUT2D eigenvalue weighted by atomic mass is 10.1. The summed E-state index contributed by atoms with van der Waals surface area (Å²) in [7, 11) is 0. The molecule has 19 heavy (non-hydrogen) atoms. The molecule has 1 aromatic carbocycles. The van der Waals surface area contributed by atoms with Crippen molar-refractivity contribution in [2.24, 2.45) is 0 Å². The first kappa shape index (κ1) is 12.0. The quantitative estimate of drug-likeness (QED) is 0.736. The molecule has 1 saturated heterocycles. The number of hydrogen-bond acceptors (Lipinski definition) is 5. The molecule has 6 nitrogen and oxygen atoms in total. The van der Waals surface area contributed by atoms with Crippen LogP contribution in [0.15, 0.2) is 23.0 Å². The van der Waals surface area contributed by atoms with E-state index in [0.29, 0.717) is 10.9 Å². The average molecular weight is 260 g/mol. The maximum absolute atomic E-state index is 11.2. The van der Waals surface area contributed by atoms with Gasteiger partial charge in [0.2, 0.25) is 0 Å². The zero-order valence-corrected chi connectivity index (χ0v) is 10.5. The van der Waals surface area contributed by atoms with Crippen LogP contribution < -0.4 is 21.5 Å². The van der Waals surface area contributed by atoms with Crippen LogP contribution in [0.5, 0.6) is 5.75 Å². The van der Waals surface area contributed by atoms with Crippen molar-refractivity contribution in [2.45, 2.75) is 18.9 Å². The topological polar surface area (TPSA) is 93.0 Å². The Labute approximate surface area is 110 Å². The molecule has 0 atom stereocenters. The molecule has 6 heteroatoms. The van der Waals surface area contributed by atoms with E-state index in [1.54, 1.807) is 6.07 Å². The minimum atomic E-state index is -0.433. The summed E-state index contributed by atoms with van der Waals surface area (Å²) >= 11 is 0. The number of anilines is 1. The van der Waals surface area contributed by atoms with Gasteiger partial charge in [-0.05, 0) is 44.1 Å². The van der Waals surface area contributed by atoms with Crippen molar-refractivity contribution in [2.75, 3.05) is 18.8 Å². The number of piperidine rings is 1. The monoisotopic (exact) mass is 260 g/mol. The van der Waals surface area contributed by atoms with E-state index >= 15 is 0 Å². The standard InChI is InChI=1S/C13H16N4O2/c14-12-10-7-9(19-8-3-5-15-6-4-8)1-2-11(10)16-13(18)17-12/h1-2,7-8,15H,3-6H2,(H3,14,16,17,18). The van der Waals surface area contributed by atoms with Gasteiger partial charge in [-0.3, -0.25) is 0 Å². The van der Waals surface area contributed by atoms with Crippen LogP contribution >= 0.6 is 0 Å². The Bertz CT molecular complexity index is 647. The predicted octanol–water partition coefficient (Wildman–Crippen LogP) is 0.636. The van der Waals surface area contributed by atoms with Crippen LogP contribution in [0.1, 0.15) is 12.8 Å². The van der Waals surface area contributed by atoms with E-state index in [2.05, 4.69) is 15.3 Å². The first-order chi connectivity index (χ1) is 9.22. The van der Waals surface area contributed by atoms with Crippen molar-refractivity contribution in [3.05, 3.63) is 28.7 Å². The van der Waals surface area contributed by atoms with Gasteiger partial charge in [0.15, 0.2) is 0 Å². The van der Waals surface area contributed by atoms with Crippen molar-refractivity contribution in [3.63, 3.8) is 0 Å². The minimum Gasteiger partial charge on any atom is -0.490 e. The third kappa shape index (κ3) is 2.53. The van der Waals surface area contributed by atoms with E-state index in [0.717, 1.165) is 31.7 Å². The first-order valence-corrected chi connectivity index (χ1v) is 6.39. The molecule has 0 saturated carbocycles. The fourth-order valence-corrected chi connectivity index (χ4v) is 2.34. The van der Waals surface area contributed by atoms with Gasteiger partial charge in [0.25, 0.3) is 0 Å². The molecule has 0 amide bonds. The van der Waals surface area contributed by atoms with Crippen LogP contribution in [0.25, 0.3) is 10.9 Å². The van der Waals surface area contributed by atoms with Gasteiger partial charge in [0.1, 0.15) is 17.7 Å². The van der Waals surface area contributed by atoms with E-state index in [1.807, 2.05) is 12.1 Å². The second-order valence-electron chi connectivity index (χ2n) is 4.70. The zero-order chi connectivity index (χ0) is 13.2. The highest BCUT2D eigenvalue weighted by Crippen LogP contribution is 2.23. The van der Waals surface area contributed by atoms with Crippen LogP contribution in [0.2, 0.25) is 0 Å². The van der Waals surface area contributed by atoms with Crippen molar-refractivity contribution in [1.29, 1.82) is 0 Å². The summed E-state index contributed by atoms with van der Waals surface area (Å²) in [6.07, 6.45) is 2.23. The number of ether oxygens (including phenoxy) is 1. The van der Waals surface area contributed by atoms with Crippen molar-refractivity contribution in [1.82, 2.24) is 15.3 Å². The van der Waals surface area contributed by atoms with Gasteiger partial charge in [-0.2, -0.15) is 4.98 Å². The van der Waals surface area contributed by atoms with Gasteiger partial charge < -0.3 is 20.8 Å². The Kier molecular flexibility index (Phi) is 3.08. The molecule has 0 unspecified atom stereocenters. The molecule has 3 rings (SSSR count). The number of aromatic amines is 1. The lowest BCUT2D eigenvalue weighted by molar-refractivity contribution is 0.162. The second-order valence-corrected chi connectivity index (χ2v) is 4.70. The van der Waals surface area contributed by atoms with E-state index in [1.165, 1.54) is 0 Å². The number of benzene rings is 1. The Morgan fingerprint density at radius 1 is 1.32 bits per heavy atom. The van der Waals surface area contributed by atoms with Crippen LogP contribution in [-0.2, 0) is 0 Å². The fraction of sp³-hybridized carbons (Fsp3) is 0.385. The smallest absolute Gasteiger partial charge is 0.347 e. The van der Waals surface area contributed by atoms with Gasteiger partial charge in [-0.15, -0.1) is 0 Å². The Balaban J connectivity index is 1.90. The van der Waals surface area contributed by atoms with Crippen LogP contribution in [0.4, 0.5) is 5.82 Å². The van der Waals surface area contributed by atoms with Crippen LogP contribution in [0.3, 0.4) is 0 Å². The molecular formula is C13H16N4O2. The molecular weight excluding hydrogens is 244 g/mol. The Morgan fingerprint density at radius 2 is 2.11 bits per heavy atom. The lowest BCUT2D eigenvalue weighted by Crippen LogP contribution is -2.34. The molecule has 1 aromatic heterocycles. The molecule has 100 valence electrons. The Morgan fingerprint density at radius 3 is 2.89 bits per heavy atom. The summed E-state index contributed by atoms with van der Waals surface area (Å²) in [6, 6.07) is 5.47. The van der Waals surface area contributed by atoms with Gasteiger partial charge >= 0.3 is 5.69 Å². The molecule has 0 radical (unpaired) electrons. The zero-order valence-electron chi connectivity index (χ0n) is 10.5. The van der Waals surface area contributed by atoms with E-state index in [4.69, 9.17) is 10.5 Å². The number of rotatable bonds is 2. The molecule has 4 N–H and O–H groups in total. The number of aromatic nitrogens is 2. The number of nitrogens with one attached hydrogen (secondary N) is 2.